The predicted molar refractivity (Wildman–Crippen MR) is 79.1 cm³/mol. The van der Waals surface area contributed by atoms with Crippen molar-refractivity contribution in [3.8, 4) is 0 Å². The first kappa shape index (κ1) is 14.5. The van der Waals surface area contributed by atoms with Crippen LogP contribution in [0.4, 0.5) is 0 Å². The van der Waals surface area contributed by atoms with E-state index in [-0.39, 0.29) is 0 Å². The zero-order chi connectivity index (χ0) is 13.7. The van der Waals surface area contributed by atoms with E-state index in [1.807, 2.05) is 23.1 Å². The third-order valence-electron chi connectivity index (χ3n) is 4.26. The number of hydrogen-bond acceptors (Lipinski definition) is 3. The van der Waals surface area contributed by atoms with Crippen LogP contribution in [-0.2, 0) is 6.54 Å². The molecule has 2 heterocycles. The minimum absolute atomic E-state index is 0.465. The van der Waals surface area contributed by atoms with Crippen molar-refractivity contribution in [3.05, 3.63) is 18.5 Å². The number of aromatic nitrogens is 2. The van der Waals surface area contributed by atoms with Gasteiger partial charge in [0.2, 0.25) is 0 Å². The summed E-state index contributed by atoms with van der Waals surface area (Å²) >= 11 is 0. The molecule has 4 nitrogen and oxygen atoms in total. The molecule has 0 radical (unpaired) electrons. The van der Waals surface area contributed by atoms with Gasteiger partial charge in [-0.2, -0.15) is 5.10 Å². The highest BCUT2D eigenvalue weighted by Gasteiger charge is 2.24. The molecule has 1 aromatic heterocycles. The zero-order valence-corrected chi connectivity index (χ0v) is 12.5. The van der Waals surface area contributed by atoms with Crippen LogP contribution >= 0.6 is 0 Å². The molecule has 19 heavy (non-hydrogen) atoms. The van der Waals surface area contributed by atoms with Gasteiger partial charge < -0.3 is 10.2 Å². The second-order valence-corrected chi connectivity index (χ2v) is 5.88. The highest BCUT2D eigenvalue weighted by molar-refractivity contribution is 4.83. The Morgan fingerprint density at radius 3 is 2.95 bits per heavy atom. The topological polar surface area (TPSA) is 33.1 Å². The third-order valence-corrected chi connectivity index (χ3v) is 4.26. The van der Waals surface area contributed by atoms with E-state index in [2.05, 4.69) is 36.1 Å². The number of piperidine rings is 1. The normalized spacial score (nSPS) is 24.3. The van der Waals surface area contributed by atoms with E-state index < -0.39 is 0 Å². The molecule has 0 amide bonds. The van der Waals surface area contributed by atoms with E-state index in [0.717, 1.165) is 12.5 Å². The molecule has 3 atom stereocenters. The predicted octanol–water partition coefficient (Wildman–Crippen LogP) is 1.98. The summed E-state index contributed by atoms with van der Waals surface area (Å²) in [5.41, 5.74) is 0. The summed E-state index contributed by atoms with van der Waals surface area (Å²) in [7, 11) is 0. The van der Waals surface area contributed by atoms with Crippen LogP contribution < -0.4 is 5.32 Å². The van der Waals surface area contributed by atoms with Crippen LogP contribution in [0.25, 0.3) is 0 Å². The van der Waals surface area contributed by atoms with Crippen LogP contribution in [0.1, 0.15) is 33.6 Å². The Labute approximate surface area is 117 Å². The molecule has 2 rings (SSSR count). The molecular weight excluding hydrogens is 236 g/mol. The fourth-order valence-electron chi connectivity index (χ4n) is 3.11. The summed E-state index contributed by atoms with van der Waals surface area (Å²) in [6.45, 7) is 11.5. The van der Waals surface area contributed by atoms with Gasteiger partial charge in [-0.1, -0.05) is 6.92 Å². The molecular formula is C15H28N4. The molecule has 1 N–H and O–H groups in total. The summed E-state index contributed by atoms with van der Waals surface area (Å²) in [5, 5.41) is 8.01. The molecule has 0 aromatic carbocycles. The van der Waals surface area contributed by atoms with E-state index in [9.17, 15) is 0 Å². The summed E-state index contributed by atoms with van der Waals surface area (Å²) in [4.78, 5) is 2.57. The molecule has 0 saturated carbocycles. The standard InChI is InChI=1S/C15H28N4/c1-4-18-9-5-7-15(12-18)14(3)17-13(2)11-19-10-6-8-16-19/h6,8,10,13-15,17H,4-5,7,9,11-12H2,1-3H3. The zero-order valence-electron chi connectivity index (χ0n) is 12.5. The SMILES string of the molecule is CCN1CCCC(C(C)NC(C)Cn2cccn2)C1. The second-order valence-electron chi connectivity index (χ2n) is 5.88. The first-order chi connectivity index (χ1) is 9.19. The van der Waals surface area contributed by atoms with Crippen molar-refractivity contribution in [3.63, 3.8) is 0 Å². The van der Waals surface area contributed by atoms with Crippen LogP contribution in [0.15, 0.2) is 18.5 Å². The van der Waals surface area contributed by atoms with Gasteiger partial charge in [0.25, 0.3) is 0 Å². The van der Waals surface area contributed by atoms with E-state index in [4.69, 9.17) is 0 Å². The first-order valence-electron chi connectivity index (χ1n) is 7.65. The molecule has 1 fully saturated rings. The molecule has 1 saturated heterocycles. The average molecular weight is 264 g/mol. The minimum Gasteiger partial charge on any atom is -0.310 e. The van der Waals surface area contributed by atoms with Crippen molar-refractivity contribution in [2.45, 2.75) is 52.2 Å². The fraction of sp³-hybridized carbons (Fsp3) is 0.800. The quantitative estimate of drug-likeness (QED) is 0.853. The second kappa shape index (κ2) is 7.06. The van der Waals surface area contributed by atoms with Crippen LogP contribution in [0.2, 0.25) is 0 Å². The molecule has 108 valence electrons. The lowest BCUT2D eigenvalue weighted by Crippen LogP contribution is -2.47. The Kier molecular flexibility index (Phi) is 5.40. The van der Waals surface area contributed by atoms with Gasteiger partial charge in [-0.3, -0.25) is 4.68 Å². The largest absolute Gasteiger partial charge is 0.310 e. The molecule has 0 spiro atoms. The van der Waals surface area contributed by atoms with Crippen LogP contribution in [0, 0.1) is 5.92 Å². The van der Waals surface area contributed by atoms with Crippen molar-refractivity contribution in [1.29, 1.82) is 0 Å². The molecule has 1 aliphatic heterocycles. The summed E-state index contributed by atoms with van der Waals surface area (Å²) in [6.07, 6.45) is 6.58. The van der Waals surface area contributed by atoms with Gasteiger partial charge in [0.15, 0.2) is 0 Å². The number of hydrogen-bond donors (Lipinski definition) is 1. The van der Waals surface area contributed by atoms with Gasteiger partial charge in [0.05, 0.1) is 6.54 Å². The molecule has 1 aromatic rings. The number of nitrogens with zero attached hydrogens (tertiary/aromatic N) is 3. The van der Waals surface area contributed by atoms with E-state index in [1.54, 1.807) is 0 Å². The van der Waals surface area contributed by atoms with Crippen molar-refractivity contribution in [1.82, 2.24) is 20.0 Å². The number of likely N-dealkylation sites (tertiary alicyclic amines) is 1. The van der Waals surface area contributed by atoms with Gasteiger partial charge in [-0.25, -0.2) is 0 Å². The summed E-state index contributed by atoms with van der Waals surface area (Å²) in [5.74, 6) is 0.786. The monoisotopic (exact) mass is 264 g/mol. The Morgan fingerprint density at radius 1 is 1.42 bits per heavy atom. The maximum absolute atomic E-state index is 4.27. The Morgan fingerprint density at radius 2 is 2.26 bits per heavy atom. The van der Waals surface area contributed by atoms with Crippen molar-refractivity contribution >= 4 is 0 Å². The van der Waals surface area contributed by atoms with Crippen molar-refractivity contribution in [2.24, 2.45) is 5.92 Å². The fourth-order valence-corrected chi connectivity index (χ4v) is 3.11. The van der Waals surface area contributed by atoms with Crippen LogP contribution in [-0.4, -0.2) is 46.4 Å². The van der Waals surface area contributed by atoms with Gasteiger partial charge in [0, 0.05) is 31.0 Å². The van der Waals surface area contributed by atoms with Crippen molar-refractivity contribution < 1.29 is 0 Å². The van der Waals surface area contributed by atoms with E-state index in [1.165, 1.54) is 32.5 Å². The molecule has 4 heteroatoms. The lowest BCUT2D eigenvalue weighted by atomic mass is 9.91. The Balaban J connectivity index is 1.77. The van der Waals surface area contributed by atoms with E-state index in [0.29, 0.717) is 12.1 Å². The maximum Gasteiger partial charge on any atom is 0.0560 e. The summed E-state index contributed by atoms with van der Waals surface area (Å²) < 4.78 is 2.00. The van der Waals surface area contributed by atoms with Gasteiger partial charge in [0.1, 0.15) is 0 Å². The third kappa shape index (κ3) is 4.32. The molecule has 3 unspecified atom stereocenters. The number of rotatable bonds is 6. The Bertz CT molecular complexity index is 349. The molecule has 0 aliphatic carbocycles. The lowest BCUT2D eigenvalue weighted by Gasteiger charge is -2.36. The van der Waals surface area contributed by atoms with Crippen LogP contribution in [0.3, 0.4) is 0 Å². The lowest BCUT2D eigenvalue weighted by molar-refractivity contribution is 0.152. The highest BCUT2D eigenvalue weighted by atomic mass is 15.3. The van der Waals surface area contributed by atoms with Gasteiger partial charge in [-0.15, -0.1) is 0 Å². The number of nitrogens with one attached hydrogen (secondary N) is 1. The molecule has 1 aliphatic rings. The van der Waals surface area contributed by atoms with Crippen LogP contribution in [0.5, 0.6) is 0 Å². The van der Waals surface area contributed by atoms with Gasteiger partial charge in [-0.05, 0) is 51.8 Å². The minimum atomic E-state index is 0.465. The van der Waals surface area contributed by atoms with E-state index >= 15 is 0 Å². The highest BCUT2D eigenvalue weighted by Crippen LogP contribution is 2.19. The Hall–Kier alpha value is -0.870. The average Bonchev–Trinajstić information content (AvgIpc) is 2.91. The van der Waals surface area contributed by atoms with Gasteiger partial charge >= 0.3 is 0 Å². The first-order valence-corrected chi connectivity index (χ1v) is 7.65. The maximum atomic E-state index is 4.27. The molecule has 0 bridgehead atoms. The smallest absolute Gasteiger partial charge is 0.0560 e. The summed E-state index contributed by atoms with van der Waals surface area (Å²) in [6, 6.07) is 3.03. The van der Waals surface area contributed by atoms with Crippen molar-refractivity contribution in [2.75, 3.05) is 19.6 Å².